The fraction of sp³-hybridized carbons (Fsp3) is 0.0769. The summed E-state index contributed by atoms with van der Waals surface area (Å²) in [6, 6.07) is 75.4. The molecule has 60 heavy (non-hydrogen) atoms. The van der Waals surface area contributed by atoms with E-state index in [0.717, 1.165) is 0 Å². The van der Waals surface area contributed by atoms with E-state index >= 15 is 18.3 Å². The normalized spacial score (nSPS) is 18.3. The molecule has 0 radical (unpaired) electrons. The molecule has 8 heteroatoms. The van der Waals surface area contributed by atoms with Gasteiger partial charge in [-0.1, -0.05) is 243 Å². The lowest BCUT2D eigenvalue weighted by Gasteiger charge is -2.60. The van der Waals surface area contributed by atoms with Gasteiger partial charge in [0, 0.05) is 65.1 Å². The molecule has 1 fully saturated rings. The van der Waals surface area contributed by atoms with E-state index < -0.39 is 51.2 Å². The Hall–Kier alpha value is -5.32. The molecule has 1 saturated carbocycles. The first-order valence-corrected chi connectivity index (χ1v) is 27.3. The Morgan fingerprint density at radius 1 is 0.183 bits per heavy atom. The predicted octanol–water partition coefficient (Wildman–Crippen LogP) is 9.53. The Kier molecular flexibility index (Phi) is 11.1. The molecule has 0 heterocycles. The smallest absolute Gasteiger partial charge is 0.147 e. The maximum atomic E-state index is 17.5. The topological polar surface area (TPSA) is 68.3 Å². The summed E-state index contributed by atoms with van der Waals surface area (Å²) in [5.41, 5.74) is -4.04. The largest absolute Gasteiger partial charge is 0.313 e. The standard InChI is InChI=1S/C52H44O4P4/c53-57(41-25-9-1-10-26-41,42-27-11-2-12-28-42)49-50(58(54,43-29-13-3-14-30-43)44-31-15-4-16-32-44)52(60(56,47-37-21-7-22-38-47)48-39-23-8-24-40-48)51(49)59(55,45-33-17-5-18-34-45)46-35-19-6-20-36-46/h1-40,49-52H. The van der Waals surface area contributed by atoms with Crippen molar-refractivity contribution in [3.63, 3.8) is 0 Å². The minimum absolute atomic E-state index is 0.573. The first kappa shape index (κ1) is 40.1. The number of hydrogen-bond acceptors (Lipinski definition) is 4. The van der Waals surface area contributed by atoms with E-state index in [1.165, 1.54) is 0 Å². The van der Waals surface area contributed by atoms with Gasteiger partial charge in [-0.15, -0.1) is 0 Å². The van der Waals surface area contributed by atoms with E-state index in [2.05, 4.69) is 0 Å². The van der Waals surface area contributed by atoms with Crippen LogP contribution in [-0.4, -0.2) is 22.6 Å². The molecule has 8 aromatic rings. The summed E-state index contributed by atoms with van der Waals surface area (Å²) >= 11 is 0. The van der Waals surface area contributed by atoms with Crippen molar-refractivity contribution in [2.24, 2.45) is 0 Å². The van der Waals surface area contributed by atoms with Crippen LogP contribution in [0.1, 0.15) is 0 Å². The zero-order chi connectivity index (χ0) is 41.2. The lowest BCUT2D eigenvalue weighted by Crippen LogP contribution is -2.68. The monoisotopic (exact) mass is 856 g/mol. The van der Waals surface area contributed by atoms with Crippen LogP contribution < -0.4 is 42.4 Å². The van der Waals surface area contributed by atoms with Crippen LogP contribution in [0.3, 0.4) is 0 Å². The third kappa shape index (κ3) is 6.54. The van der Waals surface area contributed by atoms with Crippen LogP contribution in [0.25, 0.3) is 0 Å². The molecular formula is C52H44O4P4. The van der Waals surface area contributed by atoms with Gasteiger partial charge in [-0.3, -0.25) is 0 Å². The van der Waals surface area contributed by atoms with Crippen molar-refractivity contribution in [1.82, 2.24) is 0 Å². The maximum absolute atomic E-state index is 17.5. The second-order valence-electron chi connectivity index (χ2n) is 15.3. The van der Waals surface area contributed by atoms with Gasteiger partial charge in [0.25, 0.3) is 0 Å². The van der Waals surface area contributed by atoms with Crippen molar-refractivity contribution in [3.05, 3.63) is 243 Å². The third-order valence-electron chi connectivity index (χ3n) is 12.2. The summed E-state index contributed by atoms with van der Waals surface area (Å²) in [6.45, 7) is 0. The summed E-state index contributed by atoms with van der Waals surface area (Å²) in [5.74, 6) is 0. The first-order chi connectivity index (χ1) is 29.3. The van der Waals surface area contributed by atoms with E-state index in [1.807, 2.05) is 243 Å². The van der Waals surface area contributed by atoms with Crippen molar-refractivity contribution < 1.29 is 18.3 Å². The summed E-state index contributed by atoms with van der Waals surface area (Å²) < 4.78 is 69.8. The van der Waals surface area contributed by atoms with E-state index in [-0.39, 0.29) is 0 Å². The fourth-order valence-electron chi connectivity index (χ4n) is 9.55. The second-order valence-corrected chi connectivity index (χ2v) is 27.1. The maximum Gasteiger partial charge on any atom is 0.147 e. The fourth-order valence-corrected chi connectivity index (χ4v) is 28.4. The van der Waals surface area contributed by atoms with Crippen LogP contribution >= 0.6 is 28.6 Å². The summed E-state index contributed by atoms with van der Waals surface area (Å²) in [5, 5.41) is 4.59. The summed E-state index contributed by atoms with van der Waals surface area (Å²) in [7, 11) is -15.9. The molecule has 0 N–H and O–H groups in total. The Labute approximate surface area is 352 Å². The first-order valence-electron chi connectivity index (χ1n) is 20.2. The van der Waals surface area contributed by atoms with E-state index in [1.54, 1.807) is 0 Å². The van der Waals surface area contributed by atoms with Gasteiger partial charge >= 0.3 is 0 Å². The average Bonchev–Trinajstić information content (AvgIpc) is 3.33. The zero-order valence-electron chi connectivity index (χ0n) is 32.8. The zero-order valence-corrected chi connectivity index (χ0v) is 36.4. The van der Waals surface area contributed by atoms with Crippen molar-refractivity contribution in [1.29, 1.82) is 0 Å². The van der Waals surface area contributed by atoms with Gasteiger partial charge in [0.2, 0.25) is 0 Å². The van der Waals surface area contributed by atoms with Crippen molar-refractivity contribution in [3.8, 4) is 0 Å². The van der Waals surface area contributed by atoms with Gasteiger partial charge in [-0.05, 0) is 0 Å². The Balaban J connectivity index is 1.50. The van der Waals surface area contributed by atoms with Crippen LogP contribution in [0.15, 0.2) is 243 Å². The van der Waals surface area contributed by atoms with Crippen LogP contribution in [0.5, 0.6) is 0 Å². The molecule has 0 unspecified atom stereocenters. The molecule has 4 nitrogen and oxygen atoms in total. The van der Waals surface area contributed by atoms with Gasteiger partial charge in [-0.25, -0.2) is 0 Å². The van der Waals surface area contributed by atoms with Gasteiger partial charge in [0.05, 0.1) is 0 Å². The molecular weight excluding hydrogens is 812 g/mol. The molecule has 8 aromatic carbocycles. The lowest BCUT2D eigenvalue weighted by molar-refractivity contribution is 0.457. The van der Waals surface area contributed by atoms with Gasteiger partial charge in [-0.2, -0.15) is 0 Å². The molecule has 1 aliphatic carbocycles. The van der Waals surface area contributed by atoms with Crippen LogP contribution in [0.2, 0.25) is 0 Å². The van der Waals surface area contributed by atoms with Gasteiger partial charge in [0.1, 0.15) is 28.6 Å². The number of benzene rings is 8. The van der Waals surface area contributed by atoms with E-state index in [4.69, 9.17) is 0 Å². The van der Waals surface area contributed by atoms with Crippen LogP contribution in [0.4, 0.5) is 0 Å². The summed E-state index contributed by atoms with van der Waals surface area (Å²) in [4.78, 5) is 0. The highest BCUT2D eigenvalue weighted by Gasteiger charge is 2.74. The molecule has 296 valence electrons. The molecule has 0 spiro atoms. The van der Waals surface area contributed by atoms with Gasteiger partial charge < -0.3 is 18.3 Å². The average molecular weight is 857 g/mol. The quantitative estimate of drug-likeness (QED) is 0.115. The van der Waals surface area contributed by atoms with Crippen molar-refractivity contribution >= 4 is 71.0 Å². The molecule has 1 aliphatic rings. The molecule has 0 saturated heterocycles. The van der Waals surface area contributed by atoms with E-state index in [9.17, 15) is 0 Å². The molecule has 0 aliphatic heterocycles. The summed E-state index contributed by atoms with van der Waals surface area (Å²) in [6.07, 6.45) is 0. The number of hydrogen-bond donors (Lipinski definition) is 0. The molecule has 0 atom stereocenters. The lowest BCUT2D eigenvalue weighted by atomic mass is 9.96. The third-order valence-corrected chi connectivity index (χ3v) is 27.6. The second kappa shape index (κ2) is 16.6. The van der Waals surface area contributed by atoms with Crippen LogP contribution in [0, 0.1) is 0 Å². The van der Waals surface area contributed by atoms with Crippen LogP contribution in [-0.2, 0) is 18.3 Å². The highest BCUT2D eigenvalue weighted by atomic mass is 31.2. The molecule has 0 bridgehead atoms. The Morgan fingerprint density at radius 2 is 0.283 bits per heavy atom. The highest BCUT2D eigenvalue weighted by Crippen LogP contribution is 2.80. The molecule has 0 amide bonds. The molecule has 0 aromatic heterocycles. The van der Waals surface area contributed by atoms with E-state index in [0.29, 0.717) is 42.4 Å². The minimum Gasteiger partial charge on any atom is -0.313 e. The molecule has 9 rings (SSSR count). The Bertz CT molecular complexity index is 2300. The SMILES string of the molecule is O=P(c1ccccc1)(c1ccccc1)C1C(P(=O)(c2ccccc2)c2ccccc2)C(P(=O)(c2ccccc2)c2ccccc2)C1P(=O)(c1ccccc1)c1ccccc1. The van der Waals surface area contributed by atoms with Crippen molar-refractivity contribution in [2.45, 2.75) is 22.6 Å². The number of rotatable bonds is 12. The van der Waals surface area contributed by atoms with Crippen molar-refractivity contribution in [2.75, 3.05) is 0 Å². The Morgan fingerprint density at radius 3 is 0.383 bits per heavy atom. The predicted molar refractivity (Wildman–Crippen MR) is 254 cm³/mol. The van der Waals surface area contributed by atoms with Gasteiger partial charge in [0.15, 0.2) is 0 Å². The minimum atomic E-state index is -3.97. The highest BCUT2D eigenvalue weighted by molar-refractivity contribution is 7.89.